The monoisotopic (exact) mass is 155 g/mol. The van der Waals surface area contributed by atoms with E-state index in [-0.39, 0.29) is 18.0 Å². The molecule has 1 aliphatic carbocycles. The van der Waals surface area contributed by atoms with E-state index < -0.39 is 0 Å². The Morgan fingerprint density at radius 2 is 2.09 bits per heavy atom. The van der Waals surface area contributed by atoms with Crippen LogP contribution in [-0.2, 0) is 9.53 Å². The van der Waals surface area contributed by atoms with Crippen LogP contribution in [0.25, 0.3) is 0 Å². The van der Waals surface area contributed by atoms with Gasteiger partial charge in [0.05, 0.1) is 12.0 Å². The van der Waals surface area contributed by atoms with Crippen molar-refractivity contribution in [2.45, 2.75) is 38.7 Å². The zero-order valence-electron chi connectivity index (χ0n) is 7.01. The van der Waals surface area contributed by atoms with Gasteiger partial charge in [-0.3, -0.25) is 4.79 Å². The van der Waals surface area contributed by atoms with Crippen LogP contribution in [0, 0.1) is 12.8 Å². The summed E-state index contributed by atoms with van der Waals surface area (Å²) in [5.41, 5.74) is 0. The summed E-state index contributed by atoms with van der Waals surface area (Å²) in [4.78, 5) is 11.2. The van der Waals surface area contributed by atoms with E-state index in [1.165, 1.54) is 12.8 Å². The highest BCUT2D eigenvalue weighted by Crippen LogP contribution is 2.25. The Kier molecular flexibility index (Phi) is 2.92. The fourth-order valence-electron chi connectivity index (χ4n) is 1.46. The molecule has 0 spiro atoms. The summed E-state index contributed by atoms with van der Waals surface area (Å²) in [5, 5.41) is 0. The van der Waals surface area contributed by atoms with Crippen molar-refractivity contribution >= 4 is 5.97 Å². The van der Waals surface area contributed by atoms with Crippen molar-refractivity contribution < 1.29 is 9.53 Å². The zero-order valence-corrected chi connectivity index (χ0v) is 7.01. The van der Waals surface area contributed by atoms with Crippen molar-refractivity contribution in [3.8, 4) is 0 Å². The average molecular weight is 155 g/mol. The highest BCUT2D eigenvalue weighted by molar-refractivity contribution is 5.72. The molecule has 1 aliphatic rings. The summed E-state index contributed by atoms with van der Waals surface area (Å²) in [6.07, 6.45) is 4.15. The van der Waals surface area contributed by atoms with E-state index in [1.54, 1.807) is 6.92 Å². The van der Waals surface area contributed by atoms with Crippen LogP contribution in [0.5, 0.6) is 0 Å². The lowest BCUT2D eigenvalue weighted by atomic mass is 10.1. The number of hydrogen-bond acceptors (Lipinski definition) is 2. The van der Waals surface area contributed by atoms with Gasteiger partial charge in [0.1, 0.15) is 0 Å². The molecule has 2 heteroatoms. The molecule has 0 amide bonds. The minimum absolute atomic E-state index is 0.0509. The summed E-state index contributed by atoms with van der Waals surface area (Å²) < 4.78 is 4.98. The van der Waals surface area contributed by atoms with Crippen molar-refractivity contribution in [2.75, 3.05) is 0 Å². The minimum atomic E-state index is -0.205. The Bertz CT molecular complexity index is 134. The molecule has 0 heterocycles. The second-order valence-corrected chi connectivity index (χ2v) is 3.23. The molecule has 1 rings (SSSR count). The van der Waals surface area contributed by atoms with Gasteiger partial charge < -0.3 is 4.74 Å². The largest absolute Gasteiger partial charge is 0.462 e. The third-order valence-electron chi connectivity index (χ3n) is 2.01. The maximum atomic E-state index is 11.2. The van der Waals surface area contributed by atoms with Crippen molar-refractivity contribution in [2.24, 2.45) is 5.92 Å². The van der Waals surface area contributed by atoms with Crippen LogP contribution >= 0.6 is 0 Å². The molecule has 0 bridgehead atoms. The lowest BCUT2D eigenvalue weighted by Gasteiger charge is -2.11. The summed E-state index contributed by atoms with van der Waals surface area (Å²) in [5.74, 6) is 0.115. The number of rotatable bonds is 2. The standard InChI is InChI=1S/C9H15O2/c1-7(2)11-9(10)8-5-3-4-6-8/h7-8H,1,3-6H2,2H3. The predicted molar refractivity (Wildman–Crippen MR) is 42.9 cm³/mol. The molecule has 0 saturated heterocycles. The topological polar surface area (TPSA) is 26.3 Å². The first kappa shape index (κ1) is 8.57. The molecular weight excluding hydrogens is 140 g/mol. The first-order valence-electron chi connectivity index (χ1n) is 4.23. The Hall–Kier alpha value is -0.530. The molecule has 0 aromatic heterocycles. The van der Waals surface area contributed by atoms with Gasteiger partial charge in [0, 0.05) is 0 Å². The molecule has 2 nitrogen and oxygen atoms in total. The van der Waals surface area contributed by atoms with Gasteiger partial charge in [-0.25, -0.2) is 0 Å². The van der Waals surface area contributed by atoms with E-state index in [9.17, 15) is 4.79 Å². The first-order valence-corrected chi connectivity index (χ1v) is 4.23. The van der Waals surface area contributed by atoms with Gasteiger partial charge in [-0.1, -0.05) is 12.8 Å². The molecule has 0 aliphatic heterocycles. The van der Waals surface area contributed by atoms with Crippen LogP contribution in [0.1, 0.15) is 32.6 Å². The maximum Gasteiger partial charge on any atom is 0.309 e. The molecule has 1 atom stereocenters. The Labute approximate surface area is 67.9 Å². The van der Waals surface area contributed by atoms with Crippen LogP contribution in [0.4, 0.5) is 0 Å². The molecule has 1 fully saturated rings. The van der Waals surface area contributed by atoms with Crippen molar-refractivity contribution in [1.82, 2.24) is 0 Å². The second-order valence-electron chi connectivity index (χ2n) is 3.23. The van der Waals surface area contributed by atoms with Crippen LogP contribution in [-0.4, -0.2) is 12.1 Å². The molecule has 0 aromatic carbocycles. The van der Waals surface area contributed by atoms with Gasteiger partial charge in [-0.2, -0.15) is 0 Å². The van der Waals surface area contributed by atoms with Gasteiger partial charge in [0.2, 0.25) is 0 Å². The van der Waals surface area contributed by atoms with Gasteiger partial charge in [-0.15, -0.1) is 0 Å². The fraction of sp³-hybridized carbons (Fsp3) is 0.778. The highest BCUT2D eigenvalue weighted by Gasteiger charge is 2.24. The SMILES string of the molecule is [CH2]C(C)OC(=O)C1CCCC1. The van der Waals surface area contributed by atoms with Crippen molar-refractivity contribution in [1.29, 1.82) is 0 Å². The van der Waals surface area contributed by atoms with E-state index >= 15 is 0 Å². The third-order valence-corrected chi connectivity index (χ3v) is 2.01. The Balaban J connectivity index is 2.28. The smallest absolute Gasteiger partial charge is 0.309 e. The predicted octanol–water partition coefficient (Wildman–Crippen LogP) is 1.94. The number of hydrogen-bond donors (Lipinski definition) is 0. The van der Waals surface area contributed by atoms with E-state index in [0.717, 1.165) is 12.8 Å². The van der Waals surface area contributed by atoms with Gasteiger partial charge in [0.15, 0.2) is 0 Å². The number of carbonyl (C=O) groups excluding carboxylic acids is 1. The van der Waals surface area contributed by atoms with Gasteiger partial charge in [0.25, 0.3) is 0 Å². The Morgan fingerprint density at radius 3 is 2.55 bits per heavy atom. The molecule has 1 unspecified atom stereocenters. The highest BCUT2D eigenvalue weighted by atomic mass is 16.5. The first-order chi connectivity index (χ1) is 5.20. The molecule has 1 radical (unpaired) electrons. The van der Waals surface area contributed by atoms with E-state index in [1.807, 2.05) is 0 Å². The molecule has 0 N–H and O–H groups in total. The number of ether oxygens (including phenoxy) is 1. The molecule has 0 aromatic rings. The van der Waals surface area contributed by atoms with Gasteiger partial charge >= 0.3 is 5.97 Å². The van der Waals surface area contributed by atoms with Gasteiger partial charge in [-0.05, 0) is 26.7 Å². The molecule has 11 heavy (non-hydrogen) atoms. The third kappa shape index (κ3) is 2.52. The normalized spacial score (nSPS) is 19.2. The van der Waals surface area contributed by atoms with Crippen LogP contribution in [0.3, 0.4) is 0 Å². The minimum Gasteiger partial charge on any atom is -0.462 e. The maximum absolute atomic E-state index is 11.2. The van der Waals surface area contributed by atoms with Crippen molar-refractivity contribution in [3.05, 3.63) is 6.92 Å². The summed E-state index contributed by atoms with van der Waals surface area (Å²) in [7, 11) is 0. The van der Waals surface area contributed by atoms with Crippen LogP contribution < -0.4 is 0 Å². The van der Waals surface area contributed by atoms with E-state index in [0.29, 0.717) is 0 Å². The molecule has 1 saturated carbocycles. The Morgan fingerprint density at radius 1 is 1.55 bits per heavy atom. The summed E-state index contributed by atoms with van der Waals surface area (Å²) in [6.45, 7) is 5.39. The second kappa shape index (κ2) is 3.74. The van der Waals surface area contributed by atoms with E-state index in [2.05, 4.69) is 6.92 Å². The van der Waals surface area contributed by atoms with Crippen LogP contribution in [0.2, 0.25) is 0 Å². The molecule has 63 valence electrons. The summed E-state index contributed by atoms with van der Waals surface area (Å²) >= 11 is 0. The lowest BCUT2D eigenvalue weighted by Crippen LogP contribution is -2.18. The van der Waals surface area contributed by atoms with E-state index in [4.69, 9.17) is 4.74 Å². The quantitative estimate of drug-likeness (QED) is 0.570. The fourth-order valence-corrected chi connectivity index (χ4v) is 1.46. The number of carbonyl (C=O) groups is 1. The summed E-state index contributed by atoms with van der Waals surface area (Å²) in [6, 6.07) is 0. The lowest BCUT2D eigenvalue weighted by molar-refractivity contribution is -0.151. The number of esters is 1. The van der Waals surface area contributed by atoms with Crippen molar-refractivity contribution in [3.63, 3.8) is 0 Å². The molecular formula is C9H15O2. The van der Waals surface area contributed by atoms with Crippen LogP contribution in [0.15, 0.2) is 0 Å². The zero-order chi connectivity index (χ0) is 8.27. The average Bonchev–Trinajstić information content (AvgIpc) is 2.35.